The number of rotatable bonds is 7. The molecule has 2 N–H and O–H groups in total. The second kappa shape index (κ2) is 8.89. The van der Waals surface area contributed by atoms with Crippen LogP contribution in [0.2, 0.25) is 0 Å². The van der Waals surface area contributed by atoms with E-state index in [1.165, 1.54) is 12.1 Å². The maximum atomic E-state index is 12.9. The van der Waals surface area contributed by atoms with Crippen molar-refractivity contribution in [2.45, 2.75) is 57.3 Å². The highest BCUT2D eigenvalue weighted by atomic mass is 79.9. The van der Waals surface area contributed by atoms with E-state index in [-0.39, 0.29) is 29.4 Å². The molecule has 0 radical (unpaired) electrons. The van der Waals surface area contributed by atoms with Crippen LogP contribution in [-0.2, 0) is 31.0 Å². The molecule has 0 aliphatic carbocycles. The molecule has 0 saturated carbocycles. The zero-order valence-corrected chi connectivity index (χ0v) is 19.6. The van der Waals surface area contributed by atoms with Gasteiger partial charge in [-0.2, -0.15) is 21.6 Å². The fraction of sp³-hybridized carbons (Fsp3) is 0.500. The number of ether oxygens (including phenoxy) is 1. The molecular formula is C18H20BrF3N2O7S. The van der Waals surface area contributed by atoms with E-state index < -0.39 is 56.4 Å². The molecule has 0 fully saturated rings. The minimum absolute atomic E-state index is 0.120. The Morgan fingerprint density at radius 1 is 1.25 bits per heavy atom. The van der Waals surface area contributed by atoms with Crippen LogP contribution in [0.4, 0.5) is 13.2 Å². The second-order valence-corrected chi connectivity index (χ2v) is 10.3. The van der Waals surface area contributed by atoms with Gasteiger partial charge in [0, 0.05) is 13.0 Å². The summed E-state index contributed by atoms with van der Waals surface area (Å²) in [5.41, 5.74) is -1.46. The van der Waals surface area contributed by atoms with Gasteiger partial charge >= 0.3 is 21.6 Å². The van der Waals surface area contributed by atoms with Gasteiger partial charge in [-0.05, 0) is 54.8 Å². The van der Waals surface area contributed by atoms with Crippen LogP contribution in [0.1, 0.15) is 49.5 Å². The molecule has 0 aromatic heterocycles. The number of fused-ring (bicyclic) bond motifs is 1. The molecule has 32 heavy (non-hydrogen) atoms. The Morgan fingerprint density at radius 2 is 1.84 bits per heavy atom. The minimum atomic E-state index is -6.06. The first-order valence-corrected chi connectivity index (χ1v) is 11.3. The van der Waals surface area contributed by atoms with Crippen LogP contribution in [-0.4, -0.2) is 48.3 Å². The molecule has 1 unspecified atom stereocenters. The monoisotopic (exact) mass is 544 g/mol. The molecule has 1 heterocycles. The summed E-state index contributed by atoms with van der Waals surface area (Å²) in [5.74, 6) is -3.43. The zero-order valence-electron chi connectivity index (χ0n) is 17.2. The largest absolute Gasteiger partial charge is 0.534 e. The summed E-state index contributed by atoms with van der Waals surface area (Å²) >= 11 is 2.88. The molecule has 2 rings (SSSR count). The van der Waals surface area contributed by atoms with Crippen LogP contribution in [0.3, 0.4) is 0 Å². The first-order chi connectivity index (χ1) is 14.4. The van der Waals surface area contributed by atoms with Crippen LogP contribution in [0, 0.1) is 0 Å². The van der Waals surface area contributed by atoms with E-state index in [0.29, 0.717) is 0 Å². The van der Waals surface area contributed by atoms with E-state index in [1.807, 2.05) is 0 Å². The summed E-state index contributed by atoms with van der Waals surface area (Å²) in [6.07, 6.45) is -0.470. The van der Waals surface area contributed by atoms with E-state index >= 15 is 0 Å². The Labute approximate surface area is 190 Å². The van der Waals surface area contributed by atoms with Gasteiger partial charge in [-0.1, -0.05) is 6.07 Å². The van der Waals surface area contributed by atoms with Crippen molar-refractivity contribution in [2.24, 2.45) is 5.73 Å². The van der Waals surface area contributed by atoms with Gasteiger partial charge in [0.1, 0.15) is 11.6 Å². The summed E-state index contributed by atoms with van der Waals surface area (Å²) in [5, 5.41) is 0. The van der Waals surface area contributed by atoms with E-state index in [2.05, 4.69) is 20.1 Å². The smallest absolute Gasteiger partial charge is 0.460 e. The van der Waals surface area contributed by atoms with Crippen LogP contribution in [0.25, 0.3) is 0 Å². The predicted molar refractivity (Wildman–Crippen MR) is 108 cm³/mol. The molecule has 2 amide bonds. The van der Waals surface area contributed by atoms with Gasteiger partial charge in [0.05, 0.1) is 10.0 Å². The number of hydrogen-bond acceptors (Lipinski definition) is 7. The third-order valence-corrected chi connectivity index (χ3v) is 5.81. The zero-order chi connectivity index (χ0) is 24.6. The van der Waals surface area contributed by atoms with Crippen LogP contribution < -0.4 is 9.92 Å². The molecule has 1 aliphatic heterocycles. The van der Waals surface area contributed by atoms with Crippen molar-refractivity contribution in [2.75, 3.05) is 0 Å². The number of nitrogens with two attached hydrogens (primary N) is 1. The van der Waals surface area contributed by atoms with Gasteiger partial charge in [-0.3, -0.25) is 14.4 Å². The Kier molecular flexibility index (Phi) is 7.19. The molecule has 0 saturated heterocycles. The number of hydrogen-bond donors (Lipinski definition) is 1. The first-order valence-electron chi connectivity index (χ1n) is 9.09. The van der Waals surface area contributed by atoms with Crippen LogP contribution >= 0.6 is 15.9 Å². The van der Waals surface area contributed by atoms with Crippen molar-refractivity contribution >= 4 is 43.8 Å². The lowest BCUT2D eigenvalue weighted by Gasteiger charge is -2.26. The molecule has 9 nitrogen and oxygen atoms in total. The Hall–Kier alpha value is -2.35. The van der Waals surface area contributed by atoms with Gasteiger partial charge in [0.15, 0.2) is 5.75 Å². The van der Waals surface area contributed by atoms with E-state index in [0.717, 1.165) is 4.90 Å². The number of halogens is 4. The lowest BCUT2D eigenvalue weighted by molar-refractivity contribution is -0.155. The molecule has 14 heteroatoms. The lowest BCUT2D eigenvalue weighted by atomic mass is 10.1. The van der Waals surface area contributed by atoms with Crippen molar-refractivity contribution in [1.82, 2.24) is 4.90 Å². The van der Waals surface area contributed by atoms with Crippen molar-refractivity contribution < 1.29 is 44.9 Å². The number of carbonyl (C=O) groups excluding carboxylic acids is 3. The molecule has 1 aromatic rings. The molecule has 1 aromatic carbocycles. The number of esters is 1. The Balaban J connectivity index is 2.33. The SMILES string of the molecule is CC(C)(C)OC(=O)CCC(C(N)=O)N1Cc2ccc(Br)c(OS(=O)(=O)C(F)(F)F)c2C1=O. The number of benzene rings is 1. The second-order valence-electron chi connectivity index (χ2n) is 7.87. The van der Waals surface area contributed by atoms with E-state index in [4.69, 9.17) is 10.5 Å². The van der Waals surface area contributed by atoms with E-state index in [1.54, 1.807) is 20.8 Å². The third-order valence-electron chi connectivity index (χ3n) is 4.23. The molecule has 178 valence electrons. The summed E-state index contributed by atoms with van der Waals surface area (Å²) in [6, 6.07) is 1.26. The fourth-order valence-corrected chi connectivity index (χ4v) is 3.96. The van der Waals surface area contributed by atoms with Crippen molar-refractivity contribution in [3.05, 3.63) is 27.7 Å². The van der Waals surface area contributed by atoms with Gasteiger partial charge in [0.25, 0.3) is 5.91 Å². The maximum Gasteiger partial charge on any atom is 0.534 e. The molecular weight excluding hydrogens is 525 g/mol. The van der Waals surface area contributed by atoms with Gasteiger partial charge in [0.2, 0.25) is 5.91 Å². The van der Waals surface area contributed by atoms with E-state index in [9.17, 15) is 36.0 Å². The topological polar surface area (TPSA) is 133 Å². The average molecular weight is 545 g/mol. The highest BCUT2D eigenvalue weighted by molar-refractivity contribution is 9.10. The number of alkyl halides is 3. The van der Waals surface area contributed by atoms with Crippen molar-refractivity contribution in [3.63, 3.8) is 0 Å². The van der Waals surface area contributed by atoms with Crippen LogP contribution in [0.15, 0.2) is 16.6 Å². The fourth-order valence-electron chi connectivity index (χ4n) is 2.95. The van der Waals surface area contributed by atoms with Gasteiger partial charge < -0.3 is 19.6 Å². The first kappa shape index (κ1) is 25.9. The quantitative estimate of drug-likeness (QED) is 0.317. The maximum absolute atomic E-state index is 12.9. The standard InChI is InChI=1S/C18H20BrF3N2O7S/c1-17(2,3)30-12(25)7-6-11(15(23)26)24-8-9-4-5-10(19)14(13(9)16(24)27)31-32(28,29)18(20,21)22/h4-5,11H,6-8H2,1-3H3,(H2,23,26). The normalized spacial score (nSPS) is 15.3. The van der Waals surface area contributed by atoms with Crippen molar-refractivity contribution in [3.8, 4) is 5.75 Å². The molecule has 1 atom stereocenters. The van der Waals surface area contributed by atoms with Crippen molar-refractivity contribution in [1.29, 1.82) is 0 Å². The number of carbonyl (C=O) groups is 3. The number of nitrogens with zero attached hydrogens (tertiary/aromatic N) is 1. The van der Waals surface area contributed by atoms with Gasteiger partial charge in [-0.15, -0.1) is 0 Å². The minimum Gasteiger partial charge on any atom is -0.460 e. The molecule has 0 bridgehead atoms. The summed E-state index contributed by atoms with van der Waals surface area (Å²) in [7, 11) is -6.06. The third kappa shape index (κ3) is 5.71. The highest BCUT2D eigenvalue weighted by Gasteiger charge is 2.50. The number of primary amides is 1. The predicted octanol–water partition coefficient (Wildman–Crippen LogP) is 2.61. The van der Waals surface area contributed by atoms with Gasteiger partial charge in [-0.25, -0.2) is 0 Å². The molecule has 1 aliphatic rings. The number of amides is 2. The summed E-state index contributed by atoms with van der Waals surface area (Å²) in [4.78, 5) is 37.8. The highest BCUT2D eigenvalue weighted by Crippen LogP contribution is 2.40. The average Bonchev–Trinajstić information content (AvgIpc) is 2.92. The Morgan fingerprint density at radius 3 is 2.34 bits per heavy atom. The van der Waals surface area contributed by atoms with Crippen LogP contribution in [0.5, 0.6) is 5.75 Å². The molecule has 0 spiro atoms. The summed E-state index contributed by atoms with van der Waals surface area (Å²) < 4.78 is 70.4. The Bertz CT molecular complexity index is 1050. The lowest BCUT2D eigenvalue weighted by Crippen LogP contribution is -2.45. The summed E-state index contributed by atoms with van der Waals surface area (Å²) in [6.45, 7) is 4.67.